The van der Waals surface area contributed by atoms with E-state index in [2.05, 4.69) is 34.1 Å². The number of rotatable bonds is 5. The SMILES string of the molecule is CCOC(=O)[C@H]1[C@@H](c2ccc(Cl)nc2)[C@@H]2CC[C@H]1N2Cc1ccccc1. The van der Waals surface area contributed by atoms with Crippen molar-refractivity contribution in [3.8, 4) is 0 Å². The second-order valence-electron chi connectivity index (χ2n) is 7.09. The molecule has 0 amide bonds. The summed E-state index contributed by atoms with van der Waals surface area (Å²) in [7, 11) is 0. The number of carbonyl (C=O) groups excluding carboxylic acids is 1. The summed E-state index contributed by atoms with van der Waals surface area (Å²) < 4.78 is 5.44. The fourth-order valence-electron chi connectivity index (χ4n) is 4.75. The van der Waals surface area contributed by atoms with Crippen molar-refractivity contribution < 1.29 is 9.53 Å². The molecule has 1 aromatic carbocycles. The van der Waals surface area contributed by atoms with Gasteiger partial charge in [0.25, 0.3) is 0 Å². The second kappa shape index (κ2) is 7.37. The van der Waals surface area contributed by atoms with E-state index in [0.717, 1.165) is 24.9 Å². The minimum Gasteiger partial charge on any atom is -0.466 e. The van der Waals surface area contributed by atoms with Crippen molar-refractivity contribution >= 4 is 17.6 Å². The van der Waals surface area contributed by atoms with Crippen LogP contribution in [0.15, 0.2) is 48.7 Å². The molecule has 0 spiro atoms. The molecule has 4 nitrogen and oxygen atoms in total. The van der Waals surface area contributed by atoms with Gasteiger partial charge in [-0.15, -0.1) is 0 Å². The zero-order valence-corrected chi connectivity index (χ0v) is 15.6. The Labute approximate surface area is 159 Å². The number of nitrogens with zero attached hydrogens (tertiary/aromatic N) is 2. The number of hydrogen-bond acceptors (Lipinski definition) is 4. The number of fused-ring (bicyclic) bond motifs is 2. The van der Waals surface area contributed by atoms with E-state index >= 15 is 0 Å². The molecule has 0 N–H and O–H groups in total. The molecule has 1 aromatic heterocycles. The molecule has 2 bridgehead atoms. The van der Waals surface area contributed by atoms with Crippen molar-refractivity contribution in [2.24, 2.45) is 5.92 Å². The van der Waals surface area contributed by atoms with Crippen molar-refractivity contribution in [2.75, 3.05) is 6.61 Å². The first-order valence-electron chi connectivity index (χ1n) is 9.26. The van der Waals surface area contributed by atoms with Gasteiger partial charge in [-0.3, -0.25) is 9.69 Å². The van der Waals surface area contributed by atoms with E-state index in [-0.39, 0.29) is 23.8 Å². The van der Waals surface area contributed by atoms with E-state index in [1.54, 1.807) is 0 Å². The smallest absolute Gasteiger partial charge is 0.311 e. The quantitative estimate of drug-likeness (QED) is 0.588. The highest BCUT2D eigenvalue weighted by atomic mass is 35.5. The molecule has 0 radical (unpaired) electrons. The highest BCUT2D eigenvalue weighted by molar-refractivity contribution is 6.29. The predicted octanol–water partition coefficient (Wildman–Crippen LogP) is 4.04. The van der Waals surface area contributed by atoms with E-state index in [4.69, 9.17) is 16.3 Å². The Morgan fingerprint density at radius 1 is 1.19 bits per heavy atom. The number of ether oxygens (including phenoxy) is 1. The number of halogens is 1. The third-order valence-electron chi connectivity index (χ3n) is 5.73. The topological polar surface area (TPSA) is 42.4 Å². The molecule has 2 aromatic rings. The molecule has 3 heterocycles. The minimum atomic E-state index is -0.139. The van der Waals surface area contributed by atoms with Gasteiger partial charge in [0.05, 0.1) is 12.5 Å². The van der Waals surface area contributed by atoms with Crippen LogP contribution in [0.3, 0.4) is 0 Å². The molecular weight excluding hydrogens is 348 g/mol. The highest BCUT2D eigenvalue weighted by Gasteiger charge is 2.56. The van der Waals surface area contributed by atoms with Crippen LogP contribution >= 0.6 is 11.6 Å². The molecule has 2 aliphatic heterocycles. The molecule has 26 heavy (non-hydrogen) atoms. The number of aromatic nitrogens is 1. The molecule has 2 aliphatic rings. The summed E-state index contributed by atoms with van der Waals surface area (Å²) in [5.74, 6) is -0.112. The summed E-state index contributed by atoms with van der Waals surface area (Å²) in [4.78, 5) is 19.5. The van der Waals surface area contributed by atoms with Gasteiger partial charge in [0.15, 0.2) is 0 Å². The van der Waals surface area contributed by atoms with Gasteiger partial charge in [-0.2, -0.15) is 0 Å². The van der Waals surface area contributed by atoms with Crippen LogP contribution in [0.25, 0.3) is 0 Å². The van der Waals surface area contributed by atoms with Gasteiger partial charge in [-0.05, 0) is 37.0 Å². The minimum absolute atomic E-state index is 0.0855. The van der Waals surface area contributed by atoms with Gasteiger partial charge in [0, 0.05) is 30.7 Å². The van der Waals surface area contributed by atoms with Crippen LogP contribution in [0, 0.1) is 5.92 Å². The van der Waals surface area contributed by atoms with Crippen molar-refractivity contribution in [2.45, 2.75) is 44.3 Å². The predicted molar refractivity (Wildman–Crippen MR) is 101 cm³/mol. The molecule has 136 valence electrons. The molecule has 2 fully saturated rings. The second-order valence-corrected chi connectivity index (χ2v) is 7.48. The Morgan fingerprint density at radius 2 is 1.96 bits per heavy atom. The summed E-state index contributed by atoms with van der Waals surface area (Å²) in [6, 6.07) is 14.8. The van der Waals surface area contributed by atoms with Crippen molar-refractivity contribution in [3.05, 3.63) is 64.9 Å². The summed E-state index contributed by atoms with van der Waals surface area (Å²) in [6.45, 7) is 3.15. The molecular formula is C21H23ClN2O2. The summed E-state index contributed by atoms with van der Waals surface area (Å²) >= 11 is 5.97. The Balaban J connectivity index is 1.66. The highest BCUT2D eigenvalue weighted by Crippen LogP contribution is 2.51. The van der Waals surface area contributed by atoms with E-state index in [1.165, 1.54) is 5.56 Å². The zero-order chi connectivity index (χ0) is 18.1. The lowest BCUT2D eigenvalue weighted by Crippen LogP contribution is -2.34. The van der Waals surface area contributed by atoms with Crippen LogP contribution in [0.5, 0.6) is 0 Å². The van der Waals surface area contributed by atoms with E-state index in [9.17, 15) is 4.79 Å². The fourth-order valence-corrected chi connectivity index (χ4v) is 4.87. The molecule has 4 rings (SSSR count). The number of carbonyl (C=O) groups is 1. The number of hydrogen-bond donors (Lipinski definition) is 0. The third-order valence-corrected chi connectivity index (χ3v) is 5.95. The Hall–Kier alpha value is -1.91. The normalized spacial score (nSPS) is 27.6. The summed E-state index contributed by atoms with van der Waals surface area (Å²) in [5, 5.41) is 0.478. The average Bonchev–Trinajstić information content (AvgIpc) is 3.18. The van der Waals surface area contributed by atoms with Crippen LogP contribution < -0.4 is 0 Å². The van der Waals surface area contributed by atoms with Gasteiger partial charge >= 0.3 is 5.97 Å². The van der Waals surface area contributed by atoms with Gasteiger partial charge in [-0.25, -0.2) is 4.98 Å². The largest absolute Gasteiger partial charge is 0.466 e. The lowest BCUT2D eigenvalue weighted by atomic mass is 9.76. The van der Waals surface area contributed by atoms with Crippen molar-refractivity contribution in [1.82, 2.24) is 9.88 Å². The molecule has 0 aliphatic carbocycles. The average molecular weight is 371 g/mol. The van der Waals surface area contributed by atoms with Crippen LogP contribution in [0.1, 0.15) is 36.8 Å². The lowest BCUT2D eigenvalue weighted by Gasteiger charge is -2.27. The fraction of sp³-hybridized carbons (Fsp3) is 0.429. The monoisotopic (exact) mass is 370 g/mol. The standard InChI is InChI=1S/C21H23ClN2O2/c1-2-26-21(25)20-17-10-9-16(19(20)15-8-11-18(22)23-12-15)24(17)13-14-6-4-3-5-7-14/h3-8,11-12,16-17,19-20H,2,9-10,13H2,1H3/t16-,17+,19-,20+/m0/s1. The van der Waals surface area contributed by atoms with Gasteiger partial charge < -0.3 is 4.74 Å². The van der Waals surface area contributed by atoms with Crippen LogP contribution in [0.4, 0.5) is 0 Å². The Morgan fingerprint density at radius 3 is 2.65 bits per heavy atom. The first-order chi connectivity index (χ1) is 12.7. The maximum atomic E-state index is 12.8. The molecule has 0 saturated carbocycles. The van der Waals surface area contributed by atoms with Crippen LogP contribution in [-0.4, -0.2) is 34.5 Å². The molecule has 4 atom stereocenters. The Bertz CT molecular complexity index is 765. The van der Waals surface area contributed by atoms with Crippen LogP contribution in [-0.2, 0) is 16.1 Å². The Kier molecular flexibility index (Phi) is 4.96. The molecule has 0 unspecified atom stereocenters. The summed E-state index contributed by atoms with van der Waals surface area (Å²) in [6.07, 6.45) is 3.96. The van der Waals surface area contributed by atoms with Crippen LogP contribution in [0.2, 0.25) is 5.15 Å². The van der Waals surface area contributed by atoms with Gasteiger partial charge in [0.1, 0.15) is 5.15 Å². The maximum Gasteiger partial charge on any atom is 0.311 e. The van der Waals surface area contributed by atoms with Gasteiger partial charge in [0.2, 0.25) is 0 Å². The first-order valence-corrected chi connectivity index (χ1v) is 9.64. The van der Waals surface area contributed by atoms with Crippen molar-refractivity contribution in [3.63, 3.8) is 0 Å². The van der Waals surface area contributed by atoms with E-state index in [0.29, 0.717) is 17.8 Å². The summed E-state index contributed by atoms with van der Waals surface area (Å²) in [5.41, 5.74) is 2.36. The first kappa shape index (κ1) is 17.5. The molecule has 5 heteroatoms. The van der Waals surface area contributed by atoms with Crippen molar-refractivity contribution in [1.29, 1.82) is 0 Å². The number of esters is 1. The van der Waals surface area contributed by atoms with E-state index in [1.807, 2.05) is 31.3 Å². The number of benzene rings is 1. The zero-order valence-electron chi connectivity index (χ0n) is 14.8. The van der Waals surface area contributed by atoms with E-state index < -0.39 is 0 Å². The third kappa shape index (κ3) is 3.12. The lowest BCUT2D eigenvalue weighted by molar-refractivity contribution is -0.149. The molecule has 2 saturated heterocycles. The maximum absolute atomic E-state index is 12.8. The van der Waals surface area contributed by atoms with Gasteiger partial charge in [-0.1, -0.05) is 48.0 Å². The number of pyridine rings is 1.